The summed E-state index contributed by atoms with van der Waals surface area (Å²) in [5, 5.41) is 6.56. The second-order valence-electron chi connectivity index (χ2n) is 6.12. The highest BCUT2D eigenvalue weighted by molar-refractivity contribution is 5.78. The molecule has 0 bridgehead atoms. The minimum Gasteiger partial charge on any atom is -0.497 e. The van der Waals surface area contributed by atoms with Crippen LogP contribution < -0.4 is 4.74 Å². The van der Waals surface area contributed by atoms with Gasteiger partial charge in [0.1, 0.15) is 5.75 Å². The molecule has 1 aromatic heterocycles. The van der Waals surface area contributed by atoms with Crippen molar-refractivity contribution < 1.29 is 27.1 Å². The van der Waals surface area contributed by atoms with Crippen molar-refractivity contribution in [3.05, 3.63) is 41.6 Å². The first kappa shape index (κ1) is 18.2. The maximum atomic E-state index is 12.5. The number of hydrogen-bond acceptors (Lipinski definition) is 5. The predicted octanol–water partition coefficient (Wildman–Crippen LogP) is 3.05. The van der Waals surface area contributed by atoms with Crippen LogP contribution in [0.3, 0.4) is 0 Å². The number of methoxy groups -OCH3 is 1. The highest BCUT2D eigenvalue weighted by atomic mass is 19.4. The lowest BCUT2D eigenvalue weighted by Crippen LogP contribution is -2.38. The van der Waals surface area contributed by atoms with E-state index in [0.717, 1.165) is 11.3 Å². The molecule has 1 aromatic carbocycles. The van der Waals surface area contributed by atoms with Crippen molar-refractivity contribution in [1.29, 1.82) is 0 Å². The second-order valence-corrected chi connectivity index (χ2v) is 6.12. The molecule has 2 aromatic rings. The summed E-state index contributed by atoms with van der Waals surface area (Å²) in [6, 6.07) is 7.26. The lowest BCUT2D eigenvalue weighted by molar-refractivity contribution is -0.157. The quantitative estimate of drug-likeness (QED) is 0.829. The summed E-state index contributed by atoms with van der Waals surface area (Å²) >= 11 is 0. The molecular weight excluding hydrogens is 351 g/mol. The number of piperidine rings is 1. The van der Waals surface area contributed by atoms with Gasteiger partial charge in [-0.05, 0) is 30.5 Å². The fourth-order valence-corrected chi connectivity index (χ4v) is 2.92. The molecule has 140 valence electrons. The molecule has 1 fully saturated rings. The van der Waals surface area contributed by atoms with Gasteiger partial charge in [0.15, 0.2) is 0 Å². The lowest BCUT2D eigenvalue weighted by atomic mass is 9.96. The zero-order chi connectivity index (χ0) is 18.7. The molecule has 1 aliphatic heterocycles. The van der Waals surface area contributed by atoms with Gasteiger partial charge in [-0.25, -0.2) is 0 Å². The van der Waals surface area contributed by atoms with Crippen LogP contribution in [0.4, 0.5) is 13.2 Å². The highest BCUT2D eigenvalue weighted by Crippen LogP contribution is 2.32. The van der Waals surface area contributed by atoms with Gasteiger partial charge < -0.3 is 14.1 Å². The van der Waals surface area contributed by atoms with Crippen LogP contribution in [0.1, 0.15) is 36.1 Å². The van der Waals surface area contributed by atoms with Crippen LogP contribution in [0, 0.1) is 0 Å². The van der Waals surface area contributed by atoms with Crippen molar-refractivity contribution in [2.45, 2.75) is 31.4 Å². The molecule has 0 saturated carbocycles. The molecule has 0 unspecified atom stereocenters. The SMILES string of the molecule is COc1ccc(CC(=O)N2CCC(c3nnc(C(F)(F)F)o3)CC2)cc1. The van der Waals surface area contributed by atoms with Crippen molar-refractivity contribution in [1.82, 2.24) is 15.1 Å². The number of ether oxygens (including phenoxy) is 1. The summed E-state index contributed by atoms with van der Waals surface area (Å²) < 4.78 is 47.4. The number of rotatable bonds is 4. The van der Waals surface area contributed by atoms with Crippen molar-refractivity contribution >= 4 is 5.91 Å². The van der Waals surface area contributed by atoms with E-state index < -0.39 is 12.1 Å². The average Bonchev–Trinajstić information content (AvgIpc) is 3.13. The largest absolute Gasteiger partial charge is 0.497 e. The Bertz CT molecular complexity index is 751. The number of carbonyl (C=O) groups excluding carboxylic acids is 1. The summed E-state index contributed by atoms with van der Waals surface area (Å²) in [6.45, 7) is 0.896. The molecule has 0 aliphatic carbocycles. The van der Waals surface area contributed by atoms with Gasteiger partial charge in [0.05, 0.1) is 13.5 Å². The monoisotopic (exact) mass is 369 g/mol. The van der Waals surface area contributed by atoms with E-state index in [4.69, 9.17) is 9.15 Å². The Morgan fingerprint density at radius 1 is 1.23 bits per heavy atom. The molecule has 1 saturated heterocycles. The Kier molecular flexibility index (Phi) is 5.15. The van der Waals surface area contributed by atoms with Gasteiger partial charge >= 0.3 is 12.1 Å². The highest BCUT2D eigenvalue weighted by Gasteiger charge is 2.39. The van der Waals surface area contributed by atoms with Crippen LogP contribution in [0.15, 0.2) is 28.7 Å². The Hall–Kier alpha value is -2.58. The van der Waals surface area contributed by atoms with Crippen molar-refractivity contribution in [3.8, 4) is 5.75 Å². The molecule has 0 radical (unpaired) electrons. The molecule has 2 heterocycles. The minimum atomic E-state index is -4.64. The first-order valence-corrected chi connectivity index (χ1v) is 8.18. The van der Waals surface area contributed by atoms with Crippen LogP contribution in [0.2, 0.25) is 0 Å². The number of aromatic nitrogens is 2. The van der Waals surface area contributed by atoms with E-state index in [2.05, 4.69) is 10.2 Å². The first-order chi connectivity index (χ1) is 12.4. The van der Waals surface area contributed by atoms with Gasteiger partial charge in [-0.1, -0.05) is 12.1 Å². The van der Waals surface area contributed by atoms with E-state index in [1.54, 1.807) is 24.1 Å². The van der Waals surface area contributed by atoms with E-state index >= 15 is 0 Å². The van der Waals surface area contributed by atoms with Crippen LogP contribution in [0.25, 0.3) is 0 Å². The van der Waals surface area contributed by atoms with Crippen molar-refractivity contribution in [2.24, 2.45) is 0 Å². The zero-order valence-electron chi connectivity index (χ0n) is 14.1. The van der Waals surface area contributed by atoms with Gasteiger partial charge in [0, 0.05) is 19.0 Å². The van der Waals surface area contributed by atoms with Gasteiger partial charge in [0.2, 0.25) is 11.8 Å². The average molecular weight is 369 g/mol. The summed E-state index contributed by atoms with van der Waals surface area (Å²) in [5.74, 6) is -0.899. The maximum Gasteiger partial charge on any atom is 0.470 e. The van der Waals surface area contributed by atoms with Crippen LogP contribution >= 0.6 is 0 Å². The third-order valence-electron chi connectivity index (χ3n) is 4.39. The van der Waals surface area contributed by atoms with E-state index in [9.17, 15) is 18.0 Å². The first-order valence-electron chi connectivity index (χ1n) is 8.18. The molecule has 3 rings (SSSR count). The lowest BCUT2D eigenvalue weighted by Gasteiger charge is -2.30. The summed E-state index contributed by atoms with van der Waals surface area (Å²) in [5.41, 5.74) is 0.879. The van der Waals surface area contributed by atoms with Crippen LogP contribution in [-0.2, 0) is 17.4 Å². The Labute approximate surface area is 148 Å². The molecule has 0 N–H and O–H groups in total. The van der Waals surface area contributed by atoms with Gasteiger partial charge in [-0.15, -0.1) is 10.2 Å². The van der Waals surface area contributed by atoms with E-state index in [1.165, 1.54) is 0 Å². The third-order valence-corrected chi connectivity index (χ3v) is 4.39. The molecule has 1 aliphatic rings. The van der Waals surface area contributed by atoms with Gasteiger partial charge in [-0.2, -0.15) is 13.2 Å². The second kappa shape index (κ2) is 7.35. The zero-order valence-corrected chi connectivity index (χ0v) is 14.1. The molecule has 0 spiro atoms. The number of amides is 1. The molecule has 1 amide bonds. The predicted molar refractivity (Wildman–Crippen MR) is 84.6 cm³/mol. The fraction of sp³-hybridized carbons (Fsp3) is 0.471. The number of halogens is 3. The van der Waals surface area contributed by atoms with Crippen molar-refractivity contribution in [2.75, 3.05) is 20.2 Å². The standard InChI is InChI=1S/C17H18F3N3O3/c1-25-13-4-2-11(3-5-13)10-14(24)23-8-6-12(7-9-23)15-21-22-16(26-15)17(18,19)20/h2-5,12H,6-10H2,1H3. The molecule has 26 heavy (non-hydrogen) atoms. The molecule has 9 heteroatoms. The topological polar surface area (TPSA) is 68.5 Å². The van der Waals surface area contributed by atoms with E-state index in [1.807, 2.05) is 12.1 Å². The van der Waals surface area contributed by atoms with Crippen LogP contribution in [-0.4, -0.2) is 41.2 Å². The summed E-state index contributed by atoms with van der Waals surface area (Å²) in [6.07, 6.45) is -3.38. The Morgan fingerprint density at radius 2 is 1.88 bits per heavy atom. The molecule has 6 nitrogen and oxygen atoms in total. The van der Waals surface area contributed by atoms with Crippen LogP contribution in [0.5, 0.6) is 5.75 Å². The molecule has 0 atom stereocenters. The fourth-order valence-electron chi connectivity index (χ4n) is 2.92. The Balaban J connectivity index is 1.54. The van der Waals surface area contributed by atoms with Gasteiger partial charge in [-0.3, -0.25) is 4.79 Å². The van der Waals surface area contributed by atoms with Crippen molar-refractivity contribution in [3.63, 3.8) is 0 Å². The molecular formula is C17H18F3N3O3. The Morgan fingerprint density at radius 3 is 2.42 bits per heavy atom. The number of carbonyl (C=O) groups is 1. The normalized spacial score (nSPS) is 15.9. The summed E-state index contributed by atoms with van der Waals surface area (Å²) in [7, 11) is 1.57. The van der Waals surface area contributed by atoms with E-state index in [0.29, 0.717) is 25.9 Å². The number of nitrogens with zero attached hydrogens (tertiary/aromatic N) is 3. The third kappa shape index (κ3) is 4.14. The maximum absolute atomic E-state index is 12.5. The number of hydrogen-bond donors (Lipinski definition) is 0. The smallest absolute Gasteiger partial charge is 0.470 e. The minimum absolute atomic E-state index is 0.0143. The number of alkyl halides is 3. The van der Waals surface area contributed by atoms with E-state index in [-0.39, 0.29) is 24.1 Å². The number of benzene rings is 1. The van der Waals surface area contributed by atoms with Gasteiger partial charge in [0.25, 0.3) is 0 Å². The number of likely N-dealkylation sites (tertiary alicyclic amines) is 1. The summed E-state index contributed by atoms with van der Waals surface area (Å²) in [4.78, 5) is 14.1.